The molecular formula is C20H23FN2O2. The molecule has 0 heterocycles. The molecule has 2 aromatic carbocycles. The van der Waals surface area contributed by atoms with Gasteiger partial charge in [0.25, 0.3) is 0 Å². The summed E-state index contributed by atoms with van der Waals surface area (Å²) in [5.41, 5.74) is 5.92. The van der Waals surface area contributed by atoms with E-state index in [0.29, 0.717) is 11.3 Å². The van der Waals surface area contributed by atoms with Gasteiger partial charge in [-0.25, -0.2) is 4.39 Å². The van der Waals surface area contributed by atoms with Crippen molar-refractivity contribution in [2.24, 2.45) is 11.7 Å². The summed E-state index contributed by atoms with van der Waals surface area (Å²) >= 11 is 0. The average molecular weight is 342 g/mol. The zero-order valence-electron chi connectivity index (χ0n) is 14.5. The Bertz CT molecular complexity index is 758. The Kier molecular flexibility index (Phi) is 4.77. The minimum absolute atomic E-state index is 0.148. The van der Waals surface area contributed by atoms with Gasteiger partial charge >= 0.3 is 0 Å². The van der Waals surface area contributed by atoms with Gasteiger partial charge in [0, 0.05) is 0 Å². The van der Waals surface area contributed by atoms with Crippen LogP contribution in [0.1, 0.15) is 38.3 Å². The number of hydrogen-bond donors (Lipinski definition) is 2. The molecule has 0 unspecified atom stereocenters. The molecule has 0 aliphatic heterocycles. The Morgan fingerprint density at radius 1 is 1.28 bits per heavy atom. The fourth-order valence-corrected chi connectivity index (χ4v) is 2.79. The van der Waals surface area contributed by atoms with E-state index in [1.54, 1.807) is 31.2 Å². The first-order valence-electron chi connectivity index (χ1n) is 8.50. The number of hydrogen-bond acceptors (Lipinski definition) is 3. The van der Waals surface area contributed by atoms with Crippen LogP contribution < -0.4 is 15.8 Å². The van der Waals surface area contributed by atoms with Gasteiger partial charge in [-0.15, -0.1) is 0 Å². The van der Waals surface area contributed by atoms with E-state index in [9.17, 15) is 9.18 Å². The van der Waals surface area contributed by atoms with Gasteiger partial charge < -0.3 is 15.8 Å². The number of carbonyl (C=O) groups excluding carboxylic acids is 1. The summed E-state index contributed by atoms with van der Waals surface area (Å²) < 4.78 is 19.9. The van der Waals surface area contributed by atoms with Crippen LogP contribution in [0.4, 0.5) is 4.39 Å². The first-order chi connectivity index (χ1) is 11.9. The maximum atomic E-state index is 14.3. The molecule has 3 N–H and O–H groups in total. The van der Waals surface area contributed by atoms with Crippen molar-refractivity contribution in [1.29, 1.82) is 0 Å². The largest absolute Gasteiger partial charge is 0.454 e. The van der Waals surface area contributed by atoms with Crippen LogP contribution in [-0.2, 0) is 4.79 Å². The summed E-state index contributed by atoms with van der Waals surface area (Å²) in [6.45, 7) is 3.57. The van der Waals surface area contributed by atoms with Crippen molar-refractivity contribution in [2.75, 3.05) is 0 Å². The number of para-hydroxylation sites is 1. The van der Waals surface area contributed by atoms with Crippen LogP contribution in [0, 0.1) is 11.7 Å². The smallest absolute Gasteiger partial charge is 0.240 e. The number of amides is 1. The predicted octanol–water partition coefficient (Wildman–Crippen LogP) is 3.92. The third-order valence-electron chi connectivity index (χ3n) is 4.69. The van der Waals surface area contributed by atoms with Crippen LogP contribution in [0.2, 0.25) is 0 Å². The molecule has 2 aromatic rings. The van der Waals surface area contributed by atoms with E-state index in [1.807, 2.05) is 25.1 Å². The van der Waals surface area contributed by atoms with Gasteiger partial charge in [-0.3, -0.25) is 4.79 Å². The summed E-state index contributed by atoms with van der Waals surface area (Å²) in [4.78, 5) is 12.4. The molecule has 3 rings (SSSR count). The minimum atomic E-state index is -0.872. The summed E-state index contributed by atoms with van der Waals surface area (Å²) in [5.74, 6) is 0.278. The third-order valence-corrected chi connectivity index (χ3v) is 4.69. The third kappa shape index (κ3) is 3.99. The van der Waals surface area contributed by atoms with Crippen molar-refractivity contribution in [3.63, 3.8) is 0 Å². The van der Waals surface area contributed by atoms with E-state index in [1.165, 1.54) is 6.07 Å². The van der Waals surface area contributed by atoms with Gasteiger partial charge in [0.2, 0.25) is 5.91 Å². The van der Waals surface area contributed by atoms with Crippen molar-refractivity contribution >= 4 is 5.91 Å². The first-order valence-corrected chi connectivity index (χ1v) is 8.50. The molecule has 1 saturated carbocycles. The van der Waals surface area contributed by atoms with E-state index >= 15 is 0 Å². The topological polar surface area (TPSA) is 64.4 Å². The Morgan fingerprint density at radius 2 is 1.96 bits per heavy atom. The monoisotopic (exact) mass is 342 g/mol. The zero-order valence-corrected chi connectivity index (χ0v) is 14.5. The van der Waals surface area contributed by atoms with Crippen molar-refractivity contribution in [3.8, 4) is 11.5 Å². The second-order valence-electron chi connectivity index (χ2n) is 6.86. The standard InChI is InChI=1S/C20H23FN2O2/c1-13(23-19(24)20(2,22)15-9-10-15)14-8-11-18(17(21)12-14)25-16-6-4-3-5-7-16/h3-8,11-13,15H,9-10,22H2,1-2H3,(H,23,24)/t13-,20-/m0/s1. The highest BCUT2D eigenvalue weighted by Gasteiger charge is 2.44. The molecule has 0 bridgehead atoms. The molecular weight excluding hydrogens is 319 g/mol. The fraction of sp³-hybridized carbons (Fsp3) is 0.350. The van der Waals surface area contributed by atoms with E-state index in [0.717, 1.165) is 12.8 Å². The van der Waals surface area contributed by atoms with E-state index in [2.05, 4.69) is 5.32 Å². The first kappa shape index (κ1) is 17.4. The van der Waals surface area contributed by atoms with Gasteiger partial charge in [0.05, 0.1) is 11.6 Å². The molecule has 25 heavy (non-hydrogen) atoms. The lowest BCUT2D eigenvalue weighted by Gasteiger charge is -2.26. The highest BCUT2D eigenvalue weighted by atomic mass is 19.1. The van der Waals surface area contributed by atoms with E-state index in [4.69, 9.17) is 10.5 Å². The lowest BCUT2D eigenvalue weighted by molar-refractivity contribution is -0.127. The highest BCUT2D eigenvalue weighted by molar-refractivity contribution is 5.86. The SMILES string of the molecule is C[C@H](NC(=O)[C@@](C)(N)C1CC1)c1ccc(Oc2ccccc2)c(F)c1. The number of nitrogens with one attached hydrogen (secondary N) is 1. The van der Waals surface area contributed by atoms with Crippen molar-refractivity contribution in [3.05, 3.63) is 59.9 Å². The van der Waals surface area contributed by atoms with Crippen LogP contribution in [0.3, 0.4) is 0 Å². The van der Waals surface area contributed by atoms with Crippen molar-refractivity contribution in [2.45, 2.75) is 38.3 Å². The average Bonchev–Trinajstić information content (AvgIpc) is 3.43. The number of benzene rings is 2. The highest BCUT2D eigenvalue weighted by Crippen LogP contribution is 2.38. The second-order valence-corrected chi connectivity index (χ2v) is 6.86. The van der Waals surface area contributed by atoms with Gasteiger partial charge in [-0.1, -0.05) is 24.3 Å². The Balaban J connectivity index is 1.68. The molecule has 0 aromatic heterocycles. The van der Waals surface area contributed by atoms with Gasteiger partial charge in [-0.05, 0) is 62.4 Å². The normalized spacial score (nSPS) is 17.4. The number of rotatable bonds is 6. The molecule has 1 amide bonds. The number of nitrogens with two attached hydrogens (primary N) is 1. The maximum absolute atomic E-state index is 14.3. The lowest BCUT2D eigenvalue weighted by atomic mass is 9.95. The van der Waals surface area contributed by atoms with Crippen LogP contribution in [0.25, 0.3) is 0 Å². The summed E-state index contributed by atoms with van der Waals surface area (Å²) in [6, 6.07) is 13.4. The minimum Gasteiger partial charge on any atom is -0.454 e. The number of halogens is 1. The van der Waals surface area contributed by atoms with E-state index in [-0.39, 0.29) is 23.6 Å². The van der Waals surface area contributed by atoms with Crippen LogP contribution >= 0.6 is 0 Å². The second kappa shape index (κ2) is 6.84. The van der Waals surface area contributed by atoms with Crippen LogP contribution in [0.5, 0.6) is 11.5 Å². The molecule has 0 spiro atoms. The van der Waals surface area contributed by atoms with Crippen LogP contribution in [-0.4, -0.2) is 11.4 Å². The molecule has 1 fully saturated rings. The zero-order chi connectivity index (χ0) is 18.0. The molecule has 1 aliphatic carbocycles. The fourth-order valence-electron chi connectivity index (χ4n) is 2.79. The molecule has 1 aliphatic rings. The molecule has 0 saturated heterocycles. The summed E-state index contributed by atoms with van der Waals surface area (Å²) in [7, 11) is 0. The van der Waals surface area contributed by atoms with Crippen molar-refractivity contribution in [1.82, 2.24) is 5.32 Å². The molecule has 132 valence electrons. The summed E-state index contributed by atoms with van der Waals surface area (Å²) in [6.07, 6.45) is 1.96. The molecule has 2 atom stereocenters. The van der Waals surface area contributed by atoms with Gasteiger partial charge in [-0.2, -0.15) is 0 Å². The Labute approximate surface area is 147 Å². The molecule has 4 nitrogen and oxygen atoms in total. The Morgan fingerprint density at radius 3 is 2.56 bits per heavy atom. The van der Waals surface area contributed by atoms with Gasteiger partial charge in [0.1, 0.15) is 5.75 Å². The van der Waals surface area contributed by atoms with Crippen molar-refractivity contribution < 1.29 is 13.9 Å². The lowest BCUT2D eigenvalue weighted by Crippen LogP contribution is -2.53. The maximum Gasteiger partial charge on any atom is 0.240 e. The molecule has 5 heteroatoms. The van der Waals surface area contributed by atoms with Gasteiger partial charge in [0.15, 0.2) is 11.6 Å². The van der Waals surface area contributed by atoms with Crippen LogP contribution in [0.15, 0.2) is 48.5 Å². The molecule has 0 radical (unpaired) electrons. The quantitative estimate of drug-likeness (QED) is 0.836. The van der Waals surface area contributed by atoms with E-state index < -0.39 is 11.4 Å². The summed E-state index contributed by atoms with van der Waals surface area (Å²) in [5, 5.41) is 2.88. The predicted molar refractivity (Wildman–Crippen MR) is 94.8 cm³/mol. The number of ether oxygens (including phenoxy) is 1. The Hall–Kier alpha value is -2.40. The number of carbonyl (C=O) groups is 1.